The molecule has 1 aliphatic heterocycles. The van der Waals surface area contributed by atoms with Gasteiger partial charge in [-0.1, -0.05) is 66.8 Å². The zero-order valence-corrected chi connectivity index (χ0v) is 31.8. The molecule has 0 fully saturated rings. The molecule has 3 amide bonds. The summed E-state index contributed by atoms with van der Waals surface area (Å²) in [4.78, 5) is 42.1. The molecule has 0 saturated heterocycles. The Bertz CT molecular complexity index is 2450. The number of rotatable bonds is 14. The topological polar surface area (TPSA) is 202 Å². The van der Waals surface area contributed by atoms with Crippen LogP contribution in [0.3, 0.4) is 0 Å². The Labute approximate surface area is 335 Å². The largest absolute Gasteiger partial charge is 0.399 e. The Morgan fingerprint density at radius 2 is 1.47 bits per heavy atom. The fourth-order valence-corrected chi connectivity index (χ4v) is 7.07. The van der Waals surface area contributed by atoms with Gasteiger partial charge in [-0.25, -0.2) is 0 Å². The number of aliphatic hydroxyl groups is 2. The van der Waals surface area contributed by atoms with Crippen LogP contribution in [0.2, 0.25) is 0 Å². The number of aryl methyl sites for hydroxylation is 1. The van der Waals surface area contributed by atoms with E-state index >= 15 is 0 Å². The summed E-state index contributed by atoms with van der Waals surface area (Å²) >= 11 is 0. The van der Waals surface area contributed by atoms with Gasteiger partial charge in [0.1, 0.15) is 0 Å². The maximum Gasteiger partial charge on any atom is 0.264 e. The molecule has 294 valence electrons. The van der Waals surface area contributed by atoms with E-state index in [2.05, 4.69) is 20.9 Å². The van der Waals surface area contributed by atoms with Crippen LogP contribution in [0, 0.1) is 5.92 Å². The maximum absolute atomic E-state index is 14.5. The van der Waals surface area contributed by atoms with Crippen molar-refractivity contribution in [2.24, 2.45) is 5.92 Å². The highest BCUT2D eigenvalue weighted by Crippen LogP contribution is 2.47. The Morgan fingerprint density at radius 3 is 2.10 bits per heavy atom. The van der Waals surface area contributed by atoms with E-state index in [4.69, 9.17) is 11.5 Å². The van der Waals surface area contributed by atoms with Gasteiger partial charge in [0.2, 0.25) is 0 Å². The van der Waals surface area contributed by atoms with Crippen LogP contribution in [-0.4, -0.2) is 49.5 Å². The molecular formula is C45H44N8O5. The zero-order valence-electron chi connectivity index (χ0n) is 31.8. The van der Waals surface area contributed by atoms with Crippen LogP contribution in [0.4, 0.5) is 28.4 Å². The SMILES string of the molecule is C[C@H](/C=C/CCn1cc(C(CO)c2ccccc2)nn1)[C@@]1(O)C(=O)N(Cc2cccc(NC(=O)c3ccc(N)cc3)c2)c2ccc(NC(=O)c3ccc(N)cc3)cc21. The molecule has 2 heterocycles. The highest BCUT2D eigenvalue weighted by atomic mass is 16.3. The highest BCUT2D eigenvalue weighted by Gasteiger charge is 2.52. The van der Waals surface area contributed by atoms with E-state index in [0.29, 0.717) is 69.4 Å². The molecule has 8 N–H and O–H groups in total. The first kappa shape index (κ1) is 39.2. The number of hydrogen-bond acceptors (Lipinski definition) is 9. The quantitative estimate of drug-likeness (QED) is 0.0560. The molecule has 6 aromatic rings. The Balaban J connectivity index is 1.11. The third-order valence-electron chi connectivity index (χ3n) is 10.3. The van der Waals surface area contributed by atoms with Crippen LogP contribution in [0.25, 0.3) is 0 Å². The number of fused-ring (bicyclic) bond motifs is 1. The molecule has 7 rings (SSSR count). The van der Waals surface area contributed by atoms with E-state index in [9.17, 15) is 24.6 Å². The number of allylic oxidation sites excluding steroid dienone is 1. The predicted octanol–water partition coefficient (Wildman–Crippen LogP) is 6.09. The number of nitrogen functional groups attached to an aromatic ring is 2. The summed E-state index contributed by atoms with van der Waals surface area (Å²) in [7, 11) is 0. The lowest BCUT2D eigenvalue weighted by Gasteiger charge is -2.28. The number of hydrogen-bond donors (Lipinski definition) is 6. The molecule has 0 radical (unpaired) electrons. The van der Waals surface area contributed by atoms with Crippen molar-refractivity contribution in [2.75, 3.05) is 33.6 Å². The monoisotopic (exact) mass is 776 g/mol. The van der Waals surface area contributed by atoms with Gasteiger partial charge in [-0.2, -0.15) is 0 Å². The number of carbonyl (C=O) groups is 3. The van der Waals surface area contributed by atoms with E-state index in [1.54, 1.807) is 103 Å². The lowest BCUT2D eigenvalue weighted by Crippen LogP contribution is -2.44. The molecule has 13 heteroatoms. The Kier molecular flexibility index (Phi) is 11.4. The number of amides is 3. The molecule has 1 unspecified atom stereocenters. The van der Waals surface area contributed by atoms with Crippen LogP contribution in [0.15, 0.2) is 140 Å². The number of nitrogens with one attached hydrogen (secondary N) is 2. The average molecular weight is 777 g/mol. The van der Waals surface area contributed by atoms with Crippen LogP contribution >= 0.6 is 0 Å². The molecule has 1 aliphatic rings. The third-order valence-corrected chi connectivity index (χ3v) is 10.3. The Morgan fingerprint density at radius 1 is 0.828 bits per heavy atom. The van der Waals surface area contributed by atoms with Crippen molar-refractivity contribution in [2.45, 2.75) is 38.0 Å². The lowest BCUT2D eigenvalue weighted by atomic mass is 9.82. The summed E-state index contributed by atoms with van der Waals surface area (Å²) in [5.41, 5.74) is 15.6. The molecule has 0 bridgehead atoms. The minimum absolute atomic E-state index is 0.0970. The maximum atomic E-state index is 14.5. The van der Waals surface area contributed by atoms with Crippen molar-refractivity contribution in [3.8, 4) is 0 Å². The van der Waals surface area contributed by atoms with Gasteiger partial charge in [0, 0.05) is 58.1 Å². The molecule has 0 aliphatic carbocycles. The first-order valence-corrected chi connectivity index (χ1v) is 18.9. The number of carbonyl (C=O) groups excluding carboxylic acids is 3. The number of benzene rings is 5. The summed E-state index contributed by atoms with van der Waals surface area (Å²) in [6.07, 6.45) is 6.03. The highest BCUT2D eigenvalue weighted by molar-refractivity contribution is 6.09. The van der Waals surface area contributed by atoms with E-state index in [0.717, 1.165) is 5.56 Å². The standard InChI is InChI=1S/C45H44N8O5/c1-29(8-5-6-23-52-27-40(50-51-52)38(28-54)31-10-3-2-4-11-31)45(58)39-25-37(49-43(56)33-15-19-35(47)20-16-33)21-22-41(39)53(44(45)57)26-30-9-7-12-36(24-30)48-42(55)32-13-17-34(46)18-14-32/h2-5,7-22,24-25,27,29,38,54,58H,6,23,26,28,46-47H2,1H3,(H,48,55)(H,49,56)/b8-5+/t29-,38?,45+/m1/s1. The molecular weight excluding hydrogens is 733 g/mol. The van der Waals surface area contributed by atoms with Gasteiger partial charge in [-0.3, -0.25) is 19.1 Å². The number of aromatic nitrogens is 3. The van der Waals surface area contributed by atoms with Crippen molar-refractivity contribution in [1.29, 1.82) is 0 Å². The zero-order chi connectivity index (χ0) is 40.8. The molecule has 1 aromatic heterocycles. The van der Waals surface area contributed by atoms with E-state index < -0.39 is 17.4 Å². The summed E-state index contributed by atoms with van der Waals surface area (Å²) in [6.45, 7) is 2.24. The van der Waals surface area contributed by atoms with Gasteiger partial charge in [-0.15, -0.1) is 5.10 Å². The van der Waals surface area contributed by atoms with Gasteiger partial charge in [0.05, 0.1) is 30.5 Å². The van der Waals surface area contributed by atoms with Gasteiger partial charge < -0.3 is 37.2 Å². The Hall–Kier alpha value is -7.09. The number of nitrogens with two attached hydrogens (primary N) is 2. The van der Waals surface area contributed by atoms with Crippen LogP contribution in [0.5, 0.6) is 0 Å². The first-order valence-electron chi connectivity index (χ1n) is 18.9. The van der Waals surface area contributed by atoms with Gasteiger partial charge in [0.15, 0.2) is 5.60 Å². The van der Waals surface area contributed by atoms with Gasteiger partial charge in [-0.05, 0) is 96.4 Å². The second-order valence-corrected chi connectivity index (χ2v) is 14.3. The summed E-state index contributed by atoms with van der Waals surface area (Å²) in [6, 6.07) is 34.9. The number of nitrogens with zero attached hydrogens (tertiary/aromatic N) is 4. The van der Waals surface area contributed by atoms with E-state index in [-0.39, 0.29) is 30.9 Å². The predicted molar refractivity (Wildman–Crippen MR) is 224 cm³/mol. The third kappa shape index (κ3) is 8.36. The van der Waals surface area contributed by atoms with Crippen molar-refractivity contribution < 1.29 is 24.6 Å². The fraction of sp³-hybridized carbons (Fsp3) is 0.178. The first-order chi connectivity index (χ1) is 28.0. The van der Waals surface area contributed by atoms with E-state index in [1.807, 2.05) is 48.7 Å². The molecule has 0 spiro atoms. The molecule has 58 heavy (non-hydrogen) atoms. The average Bonchev–Trinajstić information content (AvgIpc) is 3.78. The van der Waals surface area contributed by atoms with Crippen LogP contribution in [-0.2, 0) is 23.5 Å². The van der Waals surface area contributed by atoms with Gasteiger partial charge >= 0.3 is 0 Å². The molecule has 5 aromatic carbocycles. The van der Waals surface area contributed by atoms with Crippen molar-refractivity contribution in [1.82, 2.24) is 15.0 Å². The fourth-order valence-electron chi connectivity index (χ4n) is 7.07. The second-order valence-electron chi connectivity index (χ2n) is 14.3. The smallest absolute Gasteiger partial charge is 0.264 e. The van der Waals surface area contributed by atoms with Crippen molar-refractivity contribution >= 4 is 46.2 Å². The summed E-state index contributed by atoms with van der Waals surface area (Å²) in [5, 5.41) is 36.9. The van der Waals surface area contributed by atoms with E-state index in [1.165, 1.54) is 4.90 Å². The molecule has 3 atom stereocenters. The minimum Gasteiger partial charge on any atom is -0.399 e. The van der Waals surface area contributed by atoms with Crippen molar-refractivity contribution in [3.05, 3.63) is 173 Å². The normalized spacial score (nSPS) is 15.9. The number of aliphatic hydroxyl groups excluding tert-OH is 1. The van der Waals surface area contributed by atoms with Gasteiger partial charge in [0.25, 0.3) is 17.7 Å². The summed E-state index contributed by atoms with van der Waals surface area (Å²) < 4.78 is 1.70. The lowest BCUT2D eigenvalue weighted by molar-refractivity contribution is -0.139. The second kappa shape index (κ2) is 17.0. The summed E-state index contributed by atoms with van der Waals surface area (Å²) in [5.74, 6) is -2.21. The minimum atomic E-state index is -1.99. The van der Waals surface area contributed by atoms with Crippen molar-refractivity contribution in [3.63, 3.8) is 0 Å². The van der Waals surface area contributed by atoms with Crippen LogP contribution < -0.4 is 27.0 Å². The molecule has 0 saturated carbocycles. The number of anilines is 5. The molecule has 13 nitrogen and oxygen atoms in total. The van der Waals surface area contributed by atoms with Crippen LogP contribution in [0.1, 0.15) is 62.4 Å².